The van der Waals surface area contributed by atoms with Crippen LogP contribution >= 0.6 is 0 Å². The van der Waals surface area contributed by atoms with Gasteiger partial charge in [0.15, 0.2) is 0 Å². The number of fused-ring (bicyclic) bond motifs is 1. The highest BCUT2D eigenvalue weighted by Gasteiger charge is 2.23. The van der Waals surface area contributed by atoms with Gasteiger partial charge in [0, 0.05) is 5.69 Å². The maximum atomic E-state index is 10.5. The summed E-state index contributed by atoms with van der Waals surface area (Å²) in [4.78, 5) is 10.5. The maximum Gasteiger partial charge on any atom is 0.306 e. The number of aliphatic hydroxyl groups excluding tert-OH is 1. The van der Waals surface area contributed by atoms with E-state index in [1.165, 1.54) is 0 Å². The first kappa shape index (κ1) is 10.2. The Kier molecular flexibility index (Phi) is 2.73. The molecular weight excluding hydrogens is 196 g/mol. The van der Waals surface area contributed by atoms with E-state index in [0.29, 0.717) is 5.69 Å². The molecule has 5 nitrogen and oxygen atoms in total. The van der Waals surface area contributed by atoms with Gasteiger partial charge in [0.05, 0.1) is 12.1 Å². The van der Waals surface area contributed by atoms with Crippen molar-refractivity contribution in [2.75, 3.05) is 0 Å². The number of H-pyrrole nitrogens is 1. The van der Waals surface area contributed by atoms with Gasteiger partial charge in [0.25, 0.3) is 0 Å². The number of hydrogen-bond donors (Lipinski definition) is 3. The van der Waals surface area contributed by atoms with Crippen molar-refractivity contribution in [1.82, 2.24) is 10.2 Å². The van der Waals surface area contributed by atoms with Gasteiger partial charge in [-0.1, -0.05) is 0 Å². The first-order chi connectivity index (χ1) is 7.18. The van der Waals surface area contributed by atoms with Gasteiger partial charge in [-0.05, 0) is 31.2 Å². The lowest BCUT2D eigenvalue weighted by Gasteiger charge is -2.13. The second-order valence-corrected chi connectivity index (χ2v) is 3.89. The molecule has 15 heavy (non-hydrogen) atoms. The molecule has 2 rings (SSSR count). The Balaban J connectivity index is 2.20. The Hall–Kier alpha value is -1.36. The number of aromatic nitrogens is 2. The number of hydrogen-bond acceptors (Lipinski definition) is 3. The number of aromatic amines is 1. The monoisotopic (exact) mass is 210 g/mol. The fraction of sp³-hybridized carbons (Fsp3) is 0.600. The average molecular weight is 210 g/mol. The fourth-order valence-electron chi connectivity index (χ4n) is 2.04. The van der Waals surface area contributed by atoms with E-state index in [2.05, 4.69) is 10.2 Å². The van der Waals surface area contributed by atoms with E-state index in [1.54, 1.807) is 0 Å². The van der Waals surface area contributed by atoms with Gasteiger partial charge in [0.1, 0.15) is 6.10 Å². The topological polar surface area (TPSA) is 86.2 Å². The highest BCUT2D eigenvalue weighted by molar-refractivity contribution is 5.67. The van der Waals surface area contributed by atoms with Crippen molar-refractivity contribution in [3.05, 3.63) is 17.0 Å². The normalized spacial score (nSPS) is 17.1. The molecule has 0 spiro atoms. The number of carbonyl (C=O) groups is 1. The van der Waals surface area contributed by atoms with E-state index >= 15 is 0 Å². The molecule has 0 aromatic carbocycles. The third kappa shape index (κ3) is 2.02. The minimum absolute atomic E-state index is 0.280. The largest absolute Gasteiger partial charge is 0.481 e. The van der Waals surface area contributed by atoms with Crippen LogP contribution in [-0.2, 0) is 17.6 Å². The van der Waals surface area contributed by atoms with Crippen molar-refractivity contribution < 1.29 is 15.0 Å². The summed E-state index contributed by atoms with van der Waals surface area (Å²) < 4.78 is 0. The number of aliphatic hydroxyl groups is 1. The molecule has 1 aromatic heterocycles. The number of carboxylic acid groups (broad SMARTS) is 1. The number of nitrogens with zero attached hydrogens (tertiary/aromatic N) is 1. The van der Waals surface area contributed by atoms with E-state index in [0.717, 1.165) is 36.9 Å². The van der Waals surface area contributed by atoms with Gasteiger partial charge in [-0.15, -0.1) is 0 Å². The quantitative estimate of drug-likeness (QED) is 0.688. The van der Waals surface area contributed by atoms with Crippen LogP contribution in [-0.4, -0.2) is 26.4 Å². The number of aliphatic carboxylic acids is 1. The summed E-state index contributed by atoms with van der Waals surface area (Å²) in [5, 5.41) is 25.2. The van der Waals surface area contributed by atoms with Gasteiger partial charge < -0.3 is 10.2 Å². The minimum atomic E-state index is -1.00. The standard InChI is InChI=1S/C10H14N2O3/c13-8(5-9(14)15)10-6-3-1-2-4-7(6)11-12-10/h8,13H,1-5H2,(H,11,12)(H,14,15). The molecule has 0 saturated carbocycles. The zero-order valence-corrected chi connectivity index (χ0v) is 8.36. The van der Waals surface area contributed by atoms with Gasteiger partial charge in [-0.2, -0.15) is 5.10 Å². The highest BCUT2D eigenvalue weighted by atomic mass is 16.4. The van der Waals surface area contributed by atoms with Crippen LogP contribution in [0.15, 0.2) is 0 Å². The summed E-state index contributed by atoms with van der Waals surface area (Å²) in [5.41, 5.74) is 2.60. The number of nitrogens with one attached hydrogen (secondary N) is 1. The first-order valence-electron chi connectivity index (χ1n) is 5.14. The smallest absolute Gasteiger partial charge is 0.306 e. The van der Waals surface area contributed by atoms with E-state index < -0.39 is 12.1 Å². The van der Waals surface area contributed by atoms with Crippen LogP contribution in [0.3, 0.4) is 0 Å². The molecule has 0 radical (unpaired) electrons. The molecule has 3 N–H and O–H groups in total. The third-order valence-electron chi connectivity index (χ3n) is 2.77. The predicted molar refractivity (Wildman–Crippen MR) is 52.4 cm³/mol. The molecule has 1 unspecified atom stereocenters. The highest BCUT2D eigenvalue weighted by Crippen LogP contribution is 2.27. The Labute approximate surface area is 87.1 Å². The Bertz CT molecular complexity index is 373. The van der Waals surface area contributed by atoms with Crippen molar-refractivity contribution in [3.8, 4) is 0 Å². The molecule has 1 atom stereocenters. The van der Waals surface area contributed by atoms with Crippen LogP contribution in [0.5, 0.6) is 0 Å². The number of rotatable bonds is 3. The lowest BCUT2D eigenvalue weighted by molar-refractivity contribution is -0.139. The molecule has 0 amide bonds. The van der Waals surface area contributed by atoms with Gasteiger partial charge in [-0.25, -0.2) is 0 Å². The molecule has 82 valence electrons. The zero-order valence-electron chi connectivity index (χ0n) is 8.36. The van der Waals surface area contributed by atoms with E-state index in [-0.39, 0.29) is 6.42 Å². The molecule has 1 aliphatic rings. The minimum Gasteiger partial charge on any atom is -0.481 e. The first-order valence-corrected chi connectivity index (χ1v) is 5.14. The van der Waals surface area contributed by atoms with Crippen molar-refractivity contribution in [2.45, 2.75) is 38.2 Å². The zero-order chi connectivity index (χ0) is 10.8. The summed E-state index contributed by atoms with van der Waals surface area (Å²) in [5.74, 6) is -1.00. The van der Waals surface area contributed by atoms with Gasteiger partial charge in [0.2, 0.25) is 0 Å². The molecule has 1 aliphatic carbocycles. The predicted octanol–water partition coefficient (Wildman–Crippen LogP) is 0.797. The summed E-state index contributed by atoms with van der Waals surface area (Å²) in [7, 11) is 0. The number of carboxylic acids is 1. The molecule has 0 fully saturated rings. The van der Waals surface area contributed by atoms with Crippen molar-refractivity contribution >= 4 is 5.97 Å². The molecule has 1 heterocycles. The Morgan fingerprint density at radius 2 is 2.20 bits per heavy atom. The van der Waals surface area contributed by atoms with Crippen LogP contribution in [0.1, 0.15) is 42.3 Å². The van der Waals surface area contributed by atoms with Crippen LogP contribution < -0.4 is 0 Å². The van der Waals surface area contributed by atoms with E-state index in [4.69, 9.17) is 5.11 Å². The molecule has 0 saturated heterocycles. The fourth-order valence-corrected chi connectivity index (χ4v) is 2.04. The van der Waals surface area contributed by atoms with Crippen LogP contribution in [0.2, 0.25) is 0 Å². The summed E-state index contributed by atoms with van der Waals surface area (Å²) >= 11 is 0. The molecule has 1 aromatic rings. The van der Waals surface area contributed by atoms with Crippen molar-refractivity contribution in [2.24, 2.45) is 0 Å². The van der Waals surface area contributed by atoms with Crippen molar-refractivity contribution in [1.29, 1.82) is 0 Å². The molecule has 0 bridgehead atoms. The summed E-state index contributed by atoms with van der Waals surface area (Å²) in [6.07, 6.45) is 2.78. The maximum absolute atomic E-state index is 10.5. The SMILES string of the molecule is O=C(O)CC(O)c1n[nH]c2c1CCCC2. The van der Waals surface area contributed by atoms with Crippen LogP contribution in [0, 0.1) is 0 Å². The molecule has 0 aliphatic heterocycles. The van der Waals surface area contributed by atoms with Crippen LogP contribution in [0.25, 0.3) is 0 Å². The molecule has 5 heteroatoms. The van der Waals surface area contributed by atoms with Crippen molar-refractivity contribution in [3.63, 3.8) is 0 Å². The lowest BCUT2D eigenvalue weighted by atomic mass is 9.94. The lowest BCUT2D eigenvalue weighted by Crippen LogP contribution is -2.09. The van der Waals surface area contributed by atoms with E-state index in [1.807, 2.05) is 0 Å². The Morgan fingerprint density at radius 1 is 1.47 bits per heavy atom. The Morgan fingerprint density at radius 3 is 2.93 bits per heavy atom. The summed E-state index contributed by atoms with van der Waals surface area (Å²) in [6.45, 7) is 0. The second kappa shape index (κ2) is 4.02. The van der Waals surface area contributed by atoms with Crippen LogP contribution in [0.4, 0.5) is 0 Å². The van der Waals surface area contributed by atoms with Gasteiger partial charge in [-0.3, -0.25) is 9.89 Å². The third-order valence-corrected chi connectivity index (χ3v) is 2.77. The number of aryl methyl sites for hydroxylation is 1. The van der Waals surface area contributed by atoms with Gasteiger partial charge >= 0.3 is 5.97 Å². The second-order valence-electron chi connectivity index (χ2n) is 3.89. The average Bonchev–Trinajstić information content (AvgIpc) is 2.59. The summed E-state index contributed by atoms with van der Waals surface area (Å²) in [6, 6.07) is 0. The molecular formula is C10H14N2O3. The van der Waals surface area contributed by atoms with E-state index in [9.17, 15) is 9.90 Å².